The van der Waals surface area contributed by atoms with Gasteiger partial charge in [0.05, 0.1) is 22.8 Å². The number of imidazole rings is 1. The van der Waals surface area contributed by atoms with Crippen LogP contribution in [0.5, 0.6) is 0 Å². The topological polar surface area (TPSA) is 99.3 Å². The van der Waals surface area contributed by atoms with Crippen LogP contribution in [0, 0.1) is 0 Å². The van der Waals surface area contributed by atoms with Crippen LogP contribution in [0.4, 0.5) is 0 Å². The molecule has 0 saturated heterocycles. The van der Waals surface area contributed by atoms with Gasteiger partial charge in [-0.15, -0.1) is 0 Å². The van der Waals surface area contributed by atoms with Gasteiger partial charge in [0.15, 0.2) is 0 Å². The van der Waals surface area contributed by atoms with E-state index in [1.54, 1.807) is 24.0 Å². The molecule has 0 bridgehead atoms. The number of rotatable bonds is 7. The van der Waals surface area contributed by atoms with Gasteiger partial charge < -0.3 is 10.3 Å². The lowest BCUT2D eigenvalue weighted by atomic mass is 10.2. The molecular formula is C20H20N6OS. The van der Waals surface area contributed by atoms with Crippen LogP contribution >= 0.6 is 11.8 Å². The highest BCUT2D eigenvalue weighted by molar-refractivity contribution is 7.98. The first-order valence-corrected chi connectivity index (χ1v) is 10.4. The summed E-state index contributed by atoms with van der Waals surface area (Å²) in [5.41, 5.74) is 3.59. The fraction of sp³-hybridized carbons (Fsp3) is 0.200. The summed E-state index contributed by atoms with van der Waals surface area (Å²) in [6.45, 7) is 0. The molecular weight excluding hydrogens is 372 g/mol. The molecule has 3 N–H and O–H groups in total. The second-order valence-electron chi connectivity index (χ2n) is 6.33. The number of nitrogens with zero attached hydrogens (tertiary/aromatic N) is 3. The Morgan fingerprint density at radius 3 is 2.82 bits per heavy atom. The highest BCUT2D eigenvalue weighted by Crippen LogP contribution is 2.21. The predicted molar refractivity (Wildman–Crippen MR) is 111 cm³/mol. The third kappa shape index (κ3) is 3.91. The van der Waals surface area contributed by atoms with Gasteiger partial charge in [-0.05, 0) is 48.8 Å². The molecule has 1 amide bonds. The SMILES string of the molecule is CSCCC(NC(=O)c1cc(-c2ccccn2)n[nH]1)c1nc2ccccc2[nH]1. The van der Waals surface area contributed by atoms with E-state index in [1.165, 1.54) is 0 Å². The van der Waals surface area contributed by atoms with E-state index in [2.05, 4.69) is 30.5 Å². The van der Waals surface area contributed by atoms with Crippen molar-refractivity contribution in [3.63, 3.8) is 0 Å². The van der Waals surface area contributed by atoms with E-state index in [-0.39, 0.29) is 11.9 Å². The Morgan fingerprint density at radius 1 is 1.18 bits per heavy atom. The van der Waals surface area contributed by atoms with E-state index in [4.69, 9.17) is 0 Å². The average molecular weight is 392 g/mol. The number of amides is 1. The molecule has 1 unspecified atom stereocenters. The first-order valence-electron chi connectivity index (χ1n) is 8.96. The minimum atomic E-state index is -0.221. The van der Waals surface area contributed by atoms with Crippen LogP contribution in [-0.4, -0.2) is 43.1 Å². The molecule has 0 aliphatic rings. The Balaban J connectivity index is 1.55. The number of aromatic nitrogens is 5. The second kappa shape index (κ2) is 8.26. The molecule has 0 spiro atoms. The zero-order valence-corrected chi connectivity index (χ0v) is 16.2. The van der Waals surface area contributed by atoms with Gasteiger partial charge in [0.1, 0.15) is 17.2 Å². The summed E-state index contributed by atoms with van der Waals surface area (Å²) in [5.74, 6) is 1.44. The lowest BCUT2D eigenvalue weighted by molar-refractivity contribution is 0.0929. The molecule has 28 heavy (non-hydrogen) atoms. The number of para-hydroxylation sites is 2. The third-order valence-corrected chi connectivity index (χ3v) is 5.05. The van der Waals surface area contributed by atoms with Crippen molar-refractivity contribution in [2.75, 3.05) is 12.0 Å². The molecule has 1 atom stereocenters. The van der Waals surface area contributed by atoms with Gasteiger partial charge in [-0.1, -0.05) is 18.2 Å². The first-order chi connectivity index (χ1) is 13.7. The van der Waals surface area contributed by atoms with E-state index >= 15 is 0 Å². The van der Waals surface area contributed by atoms with Crippen molar-refractivity contribution in [2.24, 2.45) is 0 Å². The van der Waals surface area contributed by atoms with Crippen molar-refractivity contribution in [3.05, 3.63) is 66.2 Å². The van der Waals surface area contributed by atoms with E-state index in [1.807, 2.05) is 48.7 Å². The van der Waals surface area contributed by atoms with Gasteiger partial charge in [0.25, 0.3) is 5.91 Å². The number of H-pyrrole nitrogens is 2. The Kier molecular flexibility index (Phi) is 5.38. The average Bonchev–Trinajstić information content (AvgIpc) is 3.39. The number of hydrogen-bond donors (Lipinski definition) is 3. The maximum absolute atomic E-state index is 12.8. The van der Waals surface area contributed by atoms with Crippen LogP contribution < -0.4 is 5.32 Å². The van der Waals surface area contributed by atoms with Crippen molar-refractivity contribution < 1.29 is 4.79 Å². The van der Waals surface area contributed by atoms with Crippen molar-refractivity contribution in [1.82, 2.24) is 30.5 Å². The molecule has 0 aliphatic carbocycles. The summed E-state index contributed by atoms with van der Waals surface area (Å²) < 4.78 is 0. The predicted octanol–water partition coefficient (Wildman–Crippen LogP) is 3.57. The molecule has 142 valence electrons. The highest BCUT2D eigenvalue weighted by atomic mass is 32.2. The molecule has 0 aliphatic heterocycles. The van der Waals surface area contributed by atoms with Crippen LogP contribution in [0.15, 0.2) is 54.7 Å². The molecule has 0 saturated carbocycles. The summed E-state index contributed by atoms with van der Waals surface area (Å²) in [7, 11) is 0. The lowest BCUT2D eigenvalue weighted by Crippen LogP contribution is -2.30. The zero-order chi connectivity index (χ0) is 19.3. The van der Waals surface area contributed by atoms with E-state index in [0.29, 0.717) is 17.1 Å². The standard InChI is InChI=1S/C20H20N6OS/c1-28-11-9-16(19-22-14-7-2-3-8-15(14)23-19)24-20(27)18-12-17(25-26-18)13-6-4-5-10-21-13/h2-8,10,12,16H,9,11H2,1H3,(H,22,23)(H,24,27)(H,25,26). The van der Waals surface area contributed by atoms with E-state index < -0.39 is 0 Å². The molecule has 0 fully saturated rings. The molecule has 3 heterocycles. The molecule has 0 radical (unpaired) electrons. The minimum Gasteiger partial charge on any atom is -0.341 e. The zero-order valence-electron chi connectivity index (χ0n) is 15.3. The Hall–Kier alpha value is -3.13. The number of thioether (sulfide) groups is 1. The summed E-state index contributed by atoms with van der Waals surface area (Å²) in [6, 6.07) is 14.9. The number of benzene rings is 1. The van der Waals surface area contributed by atoms with E-state index in [9.17, 15) is 4.79 Å². The van der Waals surface area contributed by atoms with Crippen molar-refractivity contribution >= 4 is 28.7 Å². The summed E-state index contributed by atoms with van der Waals surface area (Å²) in [6.07, 6.45) is 4.52. The maximum atomic E-state index is 12.8. The largest absolute Gasteiger partial charge is 0.341 e. The van der Waals surface area contributed by atoms with Crippen molar-refractivity contribution in [3.8, 4) is 11.4 Å². The number of fused-ring (bicyclic) bond motifs is 1. The highest BCUT2D eigenvalue weighted by Gasteiger charge is 2.20. The number of hydrogen-bond acceptors (Lipinski definition) is 5. The van der Waals surface area contributed by atoms with Crippen LogP contribution in [0.25, 0.3) is 22.4 Å². The molecule has 8 heteroatoms. The summed E-state index contributed by atoms with van der Waals surface area (Å²) >= 11 is 1.73. The van der Waals surface area contributed by atoms with Gasteiger partial charge in [0, 0.05) is 6.20 Å². The van der Waals surface area contributed by atoms with Crippen LogP contribution in [0.1, 0.15) is 28.8 Å². The normalized spacial score (nSPS) is 12.2. The van der Waals surface area contributed by atoms with Gasteiger partial charge in [0.2, 0.25) is 0 Å². The fourth-order valence-electron chi connectivity index (χ4n) is 2.97. The smallest absolute Gasteiger partial charge is 0.269 e. The van der Waals surface area contributed by atoms with Crippen molar-refractivity contribution in [2.45, 2.75) is 12.5 Å². The van der Waals surface area contributed by atoms with Crippen LogP contribution in [0.2, 0.25) is 0 Å². The quantitative estimate of drug-likeness (QED) is 0.446. The Labute approximate surface area is 166 Å². The number of carbonyl (C=O) groups excluding carboxylic acids is 1. The van der Waals surface area contributed by atoms with Gasteiger partial charge >= 0.3 is 0 Å². The first kappa shape index (κ1) is 18.2. The fourth-order valence-corrected chi connectivity index (χ4v) is 3.44. The molecule has 4 aromatic rings. The monoisotopic (exact) mass is 392 g/mol. The van der Waals surface area contributed by atoms with Crippen molar-refractivity contribution in [1.29, 1.82) is 0 Å². The number of nitrogens with one attached hydrogen (secondary N) is 3. The minimum absolute atomic E-state index is 0.214. The Morgan fingerprint density at radius 2 is 2.04 bits per heavy atom. The number of pyridine rings is 1. The van der Waals surface area contributed by atoms with Crippen LogP contribution in [0.3, 0.4) is 0 Å². The maximum Gasteiger partial charge on any atom is 0.269 e. The molecule has 4 rings (SSSR count). The number of aromatic amines is 2. The third-order valence-electron chi connectivity index (χ3n) is 4.40. The van der Waals surface area contributed by atoms with Crippen LogP contribution in [-0.2, 0) is 0 Å². The second-order valence-corrected chi connectivity index (χ2v) is 7.31. The van der Waals surface area contributed by atoms with Gasteiger partial charge in [-0.25, -0.2) is 4.98 Å². The summed E-state index contributed by atoms with van der Waals surface area (Å²) in [4.78, 5) is 25.0. The molecule has 7 nitrogen and oxygen atoms in total. The van der Waals surface area contributed by atoms with E-state index in [0.717, 1.165) is 29.0 Å². The lowest BCUT2D eigenvalue weighted by Gasteiger charge is -2.15. The van der Waals surface area contributed by atoms with Gasteiger partial charge in [-0.2, -0.15) is 16.9 Å². The number of carbonyl (C=O) groups is 1. The Bertz CT molecular complexity index is 1040. The summed E-state index contributed by atoms with van der Waals surface area (Å²) in [5, 5.41) is 10.1. The van der Waals surface area contributed by atoms with Gasteiger partial charge in [-0.3, -0.25) is 14.9 Å². The molecule has 3 aromatic heterocycles. The molecule has 1 aromatic carbocycles.